The van der Waals surface area contributed by atoms with Crippen molar-refractivity contribution in [3.63, 3.8) is 0 Å². The van der Waals surface area contributed by atoms with Gasteiger partial charge in [-0.3, -0.25) is 5.43 Å². The molecule has 2 aromatic carbocycles. The van der Waals surface area contributed by atoms with E-state index in [0.29, 0.717) is 17.1 Å². The van der Waals surface area contributed by atoms with E-state index in [9.17, 15) is 8.42 Å². The van der Waals surface area contributed by atoms with Gasteiger partial charge in [0.15, 0.2) is 0 Å². The molecule has 0 spiro atoms. The van der Waals surface area contributed by atoms with Crippen LogP contribution in [0, 0.1) is 6.92 Å². The maximum absolute atomic E-state index is 12.0. The Morgan fingerprint density at radius 1 is 1.04 bits per heavy atom. The largest absolute Gasteiger partial charge is 0.455 e. The molecule has 0 fully saturated rings. The fraction of sp³-hybridized carbons (Fsp3) is 0.0526. The average molecular weight is 397 g/mol. The molecule has 0 unspecified atom stereocenters. The second-order valence-electron chi connectivity index (χ2n) is 5.90. The Morgan fingerprint density at radius 2 is 1.75 bits per heavy atom. The summed E-state index contributed by atoms with van der Waals surface area (Å²) >= 11 is 0. The molecule has 0 amide bonds. The SMILES string of the molecule is Cc1ccccc1NN=Cc1ccc(-c2ccc(S(=O)(=O)N=C(N)N)cc2)o1. The van der Waals surface area contributed by atoms with Crippen molar-refractivity contribution in [1.29, 1.82) is 0 Å². The van der Waals surface area contributed by atoms with Crippen LogP contribution in [0.2, 0.25) is 0 Å². The molecular weight excluding hydrogens is 378 g/mol. The zero-order valence-electron chi connectivity index (χ0n) is 15.0. The summed E-state index contributed by atoms with van der Waals surface area (Å²) in [4.78, 5) is -0.0135. The van der Waals surface area contributed by atoms with Crippen molar-refractivity contribution in [1.82, 2.24) is 0 Å². The van der Waals surface area contributed by atoms with Crippen molar-refractivity contribution < 1.29 is 12.8 Å². The predicted octanol–water partition coefficient (Wildman–Crippen LogP) is 2.66. The Kier molecular flexibility index (Phi) is 5.46. The summed E-state index contributed by atoms with van der Waals surface area (Å²) in [5.41, 5.74) is 15.9. The first kappa shape index (κ1) is 19.2. The third kappa shape index (κ3) is 4.57. The predicted molar refractivity (Wildman–Crippen MR) is 110 cm³/mol. The van der Waals surface area contributed by atoms with E-state index in [0.717, 1.165) is 11.3 Å². The minimum Gasteiger partial charge on any atom is -0.455 e. The summed E-state index contributed by atoms with van der Waals surface area (Å²) in [7, 11) is -3.92. The summed E-state index contributed by atoms with van der Waals surface area (Å²) in [5, 5.41) is 4.17. The Bertz CT molecular complexity index is 1130. The highest BCUT2D eigenvalue weighted by Crippen LogP contribution is 2.24. The van der Waals surface area contributed by atoms with Gasteiger partial charge >= 0.3 is 0 Å². The number of nitrogens with two attached hydrogens (primary N) is 2. The van der Waals surface area contributed by atoms with E-state index < -0.39 is 16.0 Å². The molecule has 5 N–H and O–H groups in total. The Balaban J connectivity index is 1.73. The van der Waals surface area contributed by atoms with E-state index in [4.69, 9.17) is 15.9 Å². The summed E-state index contributed by atoms with van der Waals surface area (Å²) in [5.74, 6) is 0.606. The van der Waals surface area contributed by atoms with Crippen molar-refractivity contribution in [2.45, 2.75) is 11.8 Å². The number of nitrogens with one attached hydrogen (secondary N) is 1. The molecule has 3 rings (SSSR count). The number of sulfonamides is 1. The van der Waals surface area contributed by atoms with E-state index in [1.54, 1.807) is 30.5 Å². The van der Waals surface area contributed by atoms with E-state index in [2.05, 4.69) is 14.9 Å². The lowest BCUT2D eigenvalue weighted by molar-refractivity contribution is 0.575. The maximum Gasteiger partial charge on any atom is 0.285 e. The number of nitrogens with zero attached hydrogens (tertiary/aromatic N) is 2. The summed E-state index contributed by atoms with van der Waals surface area (Å²) in [6.07, 6.45) is 1.56. The second kappa shape index (κ2) is 7.97. The van der Waals surface area contributed by atoms with Crippen LogP contribution in [-0.4, -0.2) is 20.6 Å². The lowest BCUT2D eigenvalue weighted by atomic mass is 10.2. The number of hydrazone groups is 1. The number of hydrogen-bond donors (Lipinski definition) is 3. The highest BCUT2D eigenvalue weighted by Gasteiger charge is 2.13. The maximum atomic E-state index is 12.0. The Morgan fingerprint density at radius 3 is 2.43 bits per heavy atom. The first-order valence-corrected chi connectivity index (χ1v) is 9.70. The van der Waals surface area contributed by atoms with Crippen LogP contribution in [0.25, 0.3) is 11.3 Å². The van der Waals surface area contributed by atoms with Crippen LogP contribution in [0.1, 0.15) is 11.3 Å². The van der Waals surface area contributed by atoms with Crippen LogP contribution >= 0.6 is 0 Å². The van der Waals surface area contributed by atoms with Gasteiger partial charge < -0.3 is 15.9 Å². The molecule has 1 heterocycles. The van der Waals surface area contributed by atoms with Crippen molar-refractivity contribution in [2.75, 3.05) is 5.43 Å². The number of benzene rings is 2. The van der Waals surface area contributed by atoms with Gasteiger partial charge in [0.1, 0.15) is 11.5 Å². The van der Waals surface area contributed by atoms with Gasteiger partial charge in [-0.25, -0.2) is 0 Å². The van der Waals surface area contributed by atoms with Gasteiger partial charge in [0.25, 0.3) is 10.0 Å². The Hall–Kier alpha value is -3.59. The highest BCUT2D eigenvalue weighted by atomic mass is 32.2. The lowest BCUT2D eigenvalue weighted by Crippen LogP contribution is -2.24. The molecule has 8 nitrogen and oxygen atoms in total. The molecule has 0 radical (unpaired) electrons. The van der Waals surface area contributed by atoms with E-state index in [-0.39, 0.29) is 4.90 Å². The highest BCUT2D eigenvalue weighted by molar-refractivity contribution is 7.90. The molecule has 28 heavy (non-hydrogen) atoms. The van der Waals surface area contributed by atoms with Gasteiger partial charge in [0.05, 0.1) is 16.8 Å². The average Bonchev–Trinajstić information content (AvgIpc) is 3.11. The number of furan rings is 1. The smallest absolute Gasteiger partial charge is 0.285 e. The van der Waals surface area contributed by atoms with Crippen LogP contribution in [0.15, 0.2) is 79.5 Å². The minimum absolute atomic E-state index is 0.0135. The van der Waals surface area contributed by atoms with Crippen LogP contribution < -0.4 is 16.9 Å². The molecule has 144 valence electrons. The van der Waals surface area contributed by atoms with Crippen LogP contribution in [0.4, 0.5) is 5.69 Å². The second-order valence-corrected chi connectivity index (χ2v) is 7.51. The molecule has 9 heteroatoms. The molecule has 0 atom stereocenters. The zero-order chi connectivity index (χ0) is 20.1. The third-order valence-corrected chi connectivity index (χ3v) is 5.13. The normalized spacial score (nSPS) is 11.5. The molecule has 0 bridgehead atoms. The number of guanidine groups is 1. The quantitative estimate of drug-likeness (QED) is 0.332. The zero-order valence-corrected chi connectivity index (χ0v) is 15.8. The number of anilines is 1. The summed E-state index contributed by atoms with van der Waals surface area (Å²) in [6, 6.07) is 17.4. The molecule has 0 aliphatic carbocycles. The van der Waals surface area contributed by atoms with Crippen LogP contribution in [-0.2, 0) is 10.0 Å². The standard InChI is InChI=1S/C19H19N5O3S/c1-13-4-2-3-5-17(13)23-22-12-15-8-11-18(27-15)14-6-9-16(10-7-14)28(25,26)24-19(20)21/h2-12,23H,1H3,(H4,20,21,24). The molecule has 0 saturated carbocycles. The molecule has 0 aliphatic rings. The monoisotopic (exact) mass is 397 g/mol. The number of rotatable bonds is 6. The Labute approximate surface area is 162 Å². The van der Waals surface area contributed by atoms with Crippen molar-refractivity contribution in [2.24, 2.45) is 21.0 Å². The molecule has 1 aromatic heterocycles. The molecule has 0 saturated heterocycles. The third-order valence-electron chi connectivity index (χ3n) is 3.81. The van der Waals surface area contributed by atoms with Crippen LogP contribution in [0.3, 0.4) is 0 Å². The first-order valence-electron chi connectivity index (χ1n) is 8.26. The van der Waals surface area contributed by atoms with Crippen molar-refractivity contribution >= 4 is 27.9 Å². The van der Waals surface area contributed by atoms with Gasteiger partial charge in [-0.2, -0.15) is 13.5 Å². The van der Waals surface area contributed by atoms with Crippen molar-refractivity contribution in [3.8, 4) is 11.3 Å². The van der Waals surface area contributed by atoms with Gasteiger partial charge in [0, 0.05) is 5.56 Å². The fourth-order valence-electron chi connectivity index (χ4n) is 2.42. The molecule has 0 aliphatic heterocycles. The van der Waals surface area contributed by atoms with Crippen molar-refractivity contribution in [3.05, 3.63) is 72.0 Å². The van der Waals surface area contributed by atoms with E-state index >= 15 is 0 Å². The van der Waals surface area contributed by atoms with Crippen LogP contribution in [0.5, 0.6) is 0 Å². The van der Waals surface area contributed by atoms with Gasteiger partial charge in [-0.1, -0.05) is 18.2 Å². The lowest BCUT2D eigenvalue weighted by Gasteiger charge is -2.02. The number of aryl methyl sites for hydroxylation is 1. The number of hydrogen-bond acceptors (Lipinski definition) is 5. The van der Waals surface area contributed by atoms with E-state index in [1.165, 1.54) is 12.1 Å². The van der Waals surface area contributed by atoms with Gasteiger partial charge in [-0.15, -0.1) is 4.40 Å². The van der Waals surface area contributed by atoms with E-state index in [1.807, 2.05) is 31.2 Å². The number of para-hydroxylation sites is 1. The molecular formula is C19H19N5O3S. The minimum atomic E-state index is -3.92. The topological polar surface area (TPSA) is 136 Å². The molecule has 3 aromatic rings. The summed E-state index contributed by atoms with van der Waals surface area (Å²) < 4.78 is 32.9. The van der Waals surface area contributed by atoms with Gasteiger partial charge in [0.2, 0.25) is 5.96 Å². The fourth-order valence-corrected chi connectivity index (χ4v) is 3.29. The summed E-state index contributed by atoms with van der Waals surface area (Å²) in [6.45, 7) is 1.99. The first-order chi connectivity index (χ1) is 13.3. The van der Waals surface area contributed by atoms with Gasteiger partial charge in [-0.05, 0) is 55.0 Å².